The number of allylic oxidation sites excluding steroid dienone is 2. The first kappa shape index (κ1) is 49.2. The number of rotatable bonds is 15. The molecular weight excluding hydrogens is 1020 g/mol. The summed E-state index contributed by atoms with van der Waals surface area (Å²) in [6.45, 7) is 5.04. The van der Waals surface area contributed by atoms with E-state index in [1.54, 1.807) is 103 Å². The van der Waals surface area contributed by atoms with Gasteiger partial charge >= 0.3 is 5.97 Å². The lowest BCUT2D eigenvalue weighted by atomic mass is 9.82. The molecule has 0 saturated carbocycles. The Morgan fingerprint density at radius 3 is 1.52 bits per heavy atom. The summed E-state index contributed by atoms with van der Waals surface area (Å²) in [4.78, 5) is 11.0. The first-order valence-electron chi connectivity index (χ1n) is 20.4. The SMILES string of the molecule is C=CC1CC(S(=O)(=O)c2ccccc2)(S(=O)(=O)c2ccccc2)Cc2ccccc21.CC(=O)OC/C=C\CC(Cc1ccccc1I)(S(=O)(=O)c1ccccc1)S(=O)(=O)c1ccccc1. The molecule has 10 nitrogen and oxygen atoms in total. The number of sulfone groups is 4. The molecule has 338 valence electrons. The zero-order chi connectivity index (χ0) is 46.9. The number of esters is 1. The Balaban J connectivity index is 0.000000218. The van der Waals surface area contributed by atoms with Crippen molar-refractivity contribution >= 4 is 67.9 Å². The molecule has 6 aromatic carbocycles. The van der Waals surface area contributed by atoms with Gasteiger partial charge in [-0.05, 0) is 100 Å². The van der Waals surface area contributed by atoms with Crippen LogP contribution in [0.2, 0.25) is 0 Å². The van der Waals surface area contributed by atoms with E-state index in [4.69, 9.17) is 4.74 Å². The molecule has 1 atom stereocenters. The van der Waals surface area contributed by atoms with Crippen LogP contribution < -0.4 is 0 Å². The fraction of sp³-hybridized carbons (Fsp3) is 0.180. The van der Waals surface area contributed by atoms with Gasteiger partial charge in [-0.1, -0.05) is 133 Å². The summed E-state index contributed by atoms with van der Waals surface area (Å²) in [7, 11) is -17.4. The van der Waals surface area contributed by atoms with Crippen LogP contribution in [0, 0.1) is 3.57 Å². The summed E-state index contributed by atoms with van der Waals surface area (Å²) in [5.41, 5.74) is 2.24. The summed E-state index contributed by atoms with van der Waals surface area (Å²) in [5.74, 6) is -0.888. The van der Waals surface area contributed by atoms with Gasteiger partial charge in [0.2, 0.25) is 0 Å². The van der Waals surface area contributed by atoms with E-state index in [1.165, 1.54) is 67.6 Å². The maximum absolute atomic E-state index is 14.3. The lowest BCUT2D eigenvalue weighted by Crippen LogP contribution is -2.51. The topological polar surface area (TPSA) is 163 Å². The van der Waals surface area contributed by atoms with Gasteiger partial charge in [0.25, 0.3) is 0 Å². The molecule has 0 bridgehead atoms. The van der Waals surface area contributed by atoms with Crippen LogP contribution in [-0.2, 0) is 61.7 Å². The highest BCUT2D eigenvalue weighted by Crippen LogP contribution is 2.49. The first-order chi connectivity index (χ1) is 30.9. The van der Waals surface area contributed by atoms with Gasteiger partial charge in [-0.2, -0.15) is 0 Å². The van der Waals surface area contributed by atoms with E-state index in [0.717, 1.165) is 9.13 Å². The van der Waals surface area contributed by atoms with Crippen molar-refractivity contribution in [2.75, 3.05) is 6.61 Å². The molecule has 15 heteroatoms. The lowest BCUT2D eigenvalue weighted by molar-refractivity contribution is -0.139. The highest BCUT2D eigenvalue weighted by atomic mass is 127. The molecule has 65 heavy (non-hydrogen) atoms. The van der Waals surface area contributed by atoms with Crippen molar-refractivity contribution in [2.24, 2.45) is 0 Å². The summed E-state index contributed by atoms with van der Waals surface area (Å²) < 4.78 is 114. The average Bonchev–Trinajstić information content (AvgIpc) is 3.32. The minimum Gasteiger partial charge on any atom is -0.462 e. The van der Waals surface area contributed by atoms with Gasteiger partial charge in [0.1, 0.15) is 6.61 Å². The van der Waals surface area contributed by atoms with Crippen molar-refractivity contribution in [1.82, 2.24) is 0 Å². The fourth-order valence-corrected chi connectivity index (χ4v) is 18.6. The number of ether oxygens (including phenoxy) is 1. The molecule has 1 aliphatic rings. The number of carbonyl (C=O) groups excluding carboxylic acids is 1. The van der Waals surface area contributed by atoms with Gasteiger partial charge in [-0.15, -0.1) is 6.58 Å². The van der Waals surface area contributed by atoms with E-state index in [9.17, 15) is 38.5 Å². The van der Waals surface area contributed by atoms with Crippen LogP contribution in [0.15, 0.2) is 214 Å². The summed E-state index contributed by atoms with van der Waals surface area (Å²) in [5, 5.41) is 0. The second kappa shape index (κ2) is 20.5. The molecule has 0 radical (unpaired) electrons. The van der Waals surface area contributed by atoms with Crippen LogP contribution in [0.3, 0.4) is 0 Å². The predicted octanol–water partition coefficient (Wildman–Crippen LogP) is 9.53. The van der Waals surface area contributed by atoms with Gasteiger partial charge in [-0.25, -0.2) is 33.7 Å². The van der Waals surface area contributed by atoms with Crippen molar-refractivity contribution in [1.29, 1.82) is 0 Å². The Morgan fingerprint density at radius 1 is 0.631 bits per heavy atom. The Morgan fingerprint density at radius 2 is 1.06 bits per heavy atom. The van der Waals surface area contributed by atoms with E-state index >= 15 is 0 Å². The highest BCUT2D eigenvalue weighted by molar-refractivity contribution is 14.1. The molecule has 1 unspecified atom stereocenters. The summed E-state index contributed by atoms with van der Waals surface area (Å²) >= 11 is 2.08. The maximum Gasteiger partial charge on any atom is 0.302 e. The molecule has 6 aromatic rings. The first-order valence-corrected chi connectivity index (χ1v) is 27.4. The third-order valence-corrected chi connectivity index (χ3v) is 23.7. The molecule has 1 aliphatic carbocycles. The lowest BCUT2D eigenvalue weighted by Gasteiger charge is -2.40. The van der Waals surface area contributed by atoms with E-state index < -0.39 is 59.4 Å². The van der Waals surface area contributed by atoms with Crippen LogP contribution >= 0.6 is 22.6 Å². The molecule has 7 rings (SSSR count). The molecule has 0 heterocycles. The number of carbonyl (C=O) groups is 1. The Bertz CT molecular complexity index is 2970. The molecule has 0 aromatic heterocycles. The van der Waals surface area contributed by atoms with E-state index in [2.05, 4.69) is 29.2 Å². The molecule has 0 fully saturated rings. The smallest absolute Gasteiger partial charge is 0.302 e. The number of hydrogen-bond donors (Lipinski definition) is 0. The number of benzene rings is 6. The van der Waals surface area contributed by atoms with Crippen molar-refractivity contribution in [3.05, 3.63) is 215 Å². The zero-order valence-electron chi connectivity index (χ0n) is 35.3. The predicted molar refractivity (Wildman–Crippen MR) is 261 cm³/mol. The monoisotopic (exact) mass is 1060 g/mol. The second-order valence-corrected chi connectivity index (χ2v) is 26.0. The molecule has 0 N–H and O–H groups in total. The fourth-order valence-electron chi connectivity index (χ4n) is 7.94. The summed E-state index contributed by atoms with van der Waals surface area (Å²) in [6, 6.07) is 45.4. The highest BCUT2D eigenvalue weighted by Gasteiger charge is 2.59. The summed E-state index contributed by atoms with van der Waals surface area (Å²) in [6.07, 6.45) is 3.77. The zero-order valence-corrected chi connectivity index (χ0v) is 40.7. The third-order valence-electron chi connectivity index (χ3n) is 11.3. The average molecular weight is 1060 g/mol. The Hall–Kier alpha value is -5.20. The van der Waals surface area contributed by atoms with Gasteiger partial charge in [0.05, 0.1) is 19.6 Å². The molecule has 0 aliphatic heterocycles. The number of halogens is 1. The molecular formula is C50H47IO10S4. The van der Waals surface area contributed by atoms with Gasteiger partial charge in [0, 0.05) is 35.7 Å². The third kappa shape index (κ3) is 9.85. The van der Waals surface area contributed by atoms with Gasteiger partial charge < -0.3 is 4.74 Å². The van der Waals surface area contributed by atoms with Crippen LogP contribution in [-0.4, -0.2) is 54.4 Å². The van der Waals surface area contributed by atoms with Crippen molar-refractivity contribution in [3.63, 3.8) is 0 Å². The van der Waals surface area contributed by atoms with E-state index in [-0.39, 0.29) is 51.9 Å². The number of fused-ring (bicyclic) bond motifs is 1. The van der Waals surface area contributed by atoms with E-state index in [1.807, 2.05) is 24.3 Å². The normalized spacial score (nSPS) is 15.2. The van der Waals surface area contributed by atoms with Gasteiger partial charge in [-0.3, -0.25) is 4.79 Å². The van der Waals surface area contributed by atoms with Crippen molar-refractivity contribution in [3.8, 4) is 0 Å². The van der Waals surface area contributed by atoms with Crippen LogP contribution in [0.25, 0.3) is 0 Å². The molecule has 0 spiro atoms. The van der Waals surface area contributed by atoms with Crippen molar-refractivity contribution < 1.29 is 43.2 Å². The molecule has 0 amide bonds. The van der Waals surface area contributed by atoms with E-state index in [0.29, 0.717) is 11.1 Å². The minimum atomic E-state index is -4.44. The maximum atomic E-state index is 14.3. The van der Waals surface area contributed by atoms with Gasteiger partial charge in [0.15, 0.2) is 47.5 Å². The van der Waals surface area contributed by atoms with Crippen molar-refractivity contribution in [2.45, 2.75) is 66.3 Å². The number of hydrogen-bond acceptors (Lipinski definition) is 10. The Kier molecular flexibility index (Phi) is 15.6. The Labute approximate surface area is 395 Å². The largest absolute Gasteiger partial charge is 0.462 e. The minimum absolute atomic E-state index is 0.00620. The van der Waals surface area contributed by atoms with Crippen LogP contribution in [0.5, 0.6) is 0 Å². The van der Waals surface area contributed by atoms with Crippen LogP contribution in [0.4, 0.5) is 0 Å². The second-order valence-electron chi connectivity index (χ2n) is 15.3. The molecule has 0 saturated heterocycles. The quantitative estimate of drug-likeness (QED) is 0.0550. The van der Waals surface area contributed by atoms with Crippen LogP contribution in [0.1, 0.15) is 42.4 Å². The standard InChI is InChI=1S/C26H25IO6S2.C24H22O4S2/c1-21(28)33-19-11-10-18-26(20-22-12-8-9-17-25(22)27,34(29,30)23-13-4-2-5-14-23)35(31,32)24-15-6-3-7-16-24;1-2-19-17-24(18-20-11-9-10-16-23(19)20,29(25,26)21-12-5-3-6-13-21)30(27,28)22-14-7-4-8-15-22/h2-17H,18-20H2,1H3;2-16,19H,1,17-18H2/b11-10-;.